The van der Waals surface area contributed by atoms with Gasteiger partial charge >= 0.3 is 0 Å². The summed E-state index contributed by atoms with van der Waals surface area (Å²) in [6.07, 6.45) is 2.67. The summed E-state index contributed by atoms with van der Waals surface area (Å²) in [5.74, 6) is 0.826. The molecule has 3 rings (SSSR count). The molecule has 0 aliphatic heterocycles. The Hall–Kier alpha value is -2.39. The van der Waals surface area contributed by atoms with Crippen LogP contribution >= 0.6 is 50.7 Å². The number of hydrazone groups is 1. The number of nitrogens with one attached hydrogen (secondary N) is 1. The summed E-state index contributed by atoms with van der Waals surface area (Å²) in [6, 6.07) is 11.4. The first-order valence-corrected chi connectivity index (χ1v) is 10.2. The SMILES string of the molecule is O=[N+]([O-])c1ccc(N/N=C\c2cc(Cl)c(OCc3ccc(Cl)cc3Cl)c(Br)c2)nc1. The van der Waals surface area contributed by atoms with Crippen LogP contribution in [-0.4, -0.2) is 16.1 Å². The Morgan fingerprint density at radius 3 is 2.60 bits per heavy atom. The minimum Gasteiger partial charge on any atom is -0.486 e. The van der Waals surface area contributed by atoms with Crippen molar-refractivity contribution in [2.45, 2.75) is 6.61 Å². The second kappa shape index (κ2) is 10.1. The molecule has 1 N–H and O–H groups in total. The van der Waals surface area contributed by atoms with E-state index in [1.54, 1.807) is 30.3 Å². The number of hydrogen-bond donors (Lipinski definition) is 1. The van der Waals surface area contributed by atoms with Gasteiger partial charge in [-0.25, -0.2) is 4.98 Å². The first-order chi connectivity index (χ1) is 14.3. The molecule has 0 fully saturated rings. The van der Waals surface area contributed by atoms with E-state index in [1.165, 1.54) is 18.3 Å². The lowest BCUT2D eigenvalue weighted by Gasteiger charge is -2.12. The normalized spacial score (nSPS) is 10.9. The zero-order valence-corrected chi connectivity index (χ0v) is 18.8. The van der Waals surface area contributed by atoms with E-state index < -0.39 is 4.92 Å². The molecular formula is C19H12BrCl3N4O3. The molecular weight excluding hydrogens is 518 g/mol. The second-order valence-corrected chi connectivity index (χ2v) is 7.97. The lowest BCUT2D eigenvalue weighted by Crippen LogP contribution is -1.99. The van der Waals surface area contributed by atoms with E-state index in [0.717, 1.165) is 11.8 Å². The zero-order chi connectivity index (χ0) is 21.7. The van der Waals surface area contributed by atoms with Crippen molar-refractivity contribution in [1.82, 2.24) is 4.98 Å². The average Bonchev–Trinajstić information content (AvgIpc) is 2.69. The highest BCUT2D eigenvalue weighted by Gasteiger charge is 2.11. The van der Waals surface area contributed by atoms with Crippen LogP contribution in [0.4, 0.5) is 11.5 Å². The zero-order valence-electron chi connectivity index (χ0n) is 15.0. The predicted octanol–water partition coefficient (Wildman–Crippen LogP) is 6.74. The molecule has 0 unspecified atom stereocenters. The second-order valence-electron chi connectivity index (χ2n) is 5.87. The van der Waals surface area contributed by atoms with Gasteiger partial charge in [-0.15, -0.1) is 0 Å². The molecule has 1 heterocycles. The molecule has 0 amide bonds. The van der Waals surface area contributed by atoms with Crippen LogP contribution in [0.25, 0.3) is 0 Å². The third-order valence-electron chi connectivity index (χ3n) is 3.76. The van der Waals surface area contributed by atoms with Crippen LogP contribution in [0.3, 0.4) is 0 Å². The number of rotatable bonds is 7. The van der Waals surface area contributed by atoms with Crippen molar-refractivity contribution >= 4 is 68.5 Å². The Labute approximate surface area is 194 Å². The molecule has 0 saturated heterocycles. The summed E-state index contributed by atoms with van der Waals surface area (Å²) >= 11 is 21.8. The number of hydrogen-bond acceptors (Lipinski definition) is 6. The number of nitrogens with zero attached hydrogens (tertiary/aromatic N) is 3. The topological polar surface area (TPSA) is 89.7 Å². The number of halogens is 4. The van der Waals surface area contributed by atoms with Gasteiger partial charge in [0.1, 0.15) is 18.6 Å². The van der Waals surface area contributed by atoms with Crippen LogP contribution in [0.1, 0.15) is 11.1 Å². The van der Waals surface area contributed by atoms with Crippen molar-refractivity contribution in [2.75, 3.05) is 5.43 Å². The number of benzene rings is 2. The van der Waals surface area contributed by atoms with Crippen LogP contribution in [0, 0.1) is 10.1 Å². The number of aromatic nitrogens is 1. The Kier molecular flexibility index (Phi) is 7.49. The van der Waals surface area contributed by atoms with Crippen LogP contribution in [0.5, 0.6) is 5.75 Å². The summed E-state index contributed by atoms with van der Waals surface area (Å²) in [7, 11) is 0. The van der Waals surface area contributed by atoms with Crippen molar-refractivity contribution in [1.29, 1.82) is 0 Å². The minimum atomic E-state index is -0.524. The maximum Gasteiger partial charge on any atom is 0.287 e. The number of pyridine rings is 1. The molecule has 11 heteroatoms. The molecule has 0 bridgehead atoms. The third-order valence-corrected chi connectivity index (χ3v) is 5.22. The Bertz CT molecular complexity index is 1090. The fraction of sp³-hybridized carbons (Fsp3) is 0.0526. The van der Waals surface area contributed by atoms with E-state index in [0.29, 0.717) is 36.7 Å². The van der Waals surface area contributed by atoms with Crippen LogP contribution in [0.2, 0.25) is 15.1 Å². The van der Waals surface area contributed by atoms with Gasteiger partial charge in [0.05, 0.1) is 20.6 Å². The fourth-order valence-corrected chi connectivity index (χ4v) is 3.77. The van der Waals surface area contributed by atoms with E-state index in [1.807, 2.05) is 0 Å². The van der Waals surface area contributed by atoms with Crippen LogP contribution < -0.4 is 10.2 Å². The maximum absolute atomic E-state index is 10.6. The average molecular weight is 531 g/mol. The molecule has 154 valence electrons. The lowest BCUT2D eigenvalue weighted by atomic mass is 10.2. The third kappa shape index (κ3) is 5.82. The molecule has 3 aromatic rings. The summed E-state index contributed by atoms with van der Waals surface area (Å²) in [4.78, 5) is 14.0. The van der Waals surface area contributed by atoms with Crippen molar-refractivity contribution in [2.24, 2.45) is 5.10 Å². The van der Waals surface area contributed by atoms with E-state index >= 15 is 0 Å². The Morgan fingerprint density at radius 2 is 1.97 bits per heavy atom. The largest absolute Gasteiger partial charge is 0.486 e. The molecule has 0 aliphatic carbocycles. The van der Waals surface area contributed by atoms with Crippen molar-refractivity contribution in [3.63, 3.8) is 0 Å². The van der Waals surface area contributed by atoms with Gasteiger partial charge in [0, 0.05) is 21.7 Å². The highest BCUT2D eigenvalue weighted by atomic mass is 79.9. The van der Waals surface area contributed by atoms with Gasteiger partial charge in [0.2, 0.25) is 0 Å². The van der Waals surface area contributed by atoms with Crippen molar-refractivity contribution < 1.29 is 9.66 Å². The van der Waals surface area contributed by atoms with E-state index in [4.69, 9.17) is 39.5 Å². The molecule has 30 heavy (non-hydrogen) atoms. The highest BCUT2D eigenvalue weighted by Crippen LogP contribution is 2.35. The van der Waals surface area contributed by atoms with Gasteiger partial charge in [0.15, 0.2) is 5.75 Å². The molecule has 0 saturated carbocycles. The predicted molar refractivity (Wildman–Crippen MR) is 122 cm³/mol. The summed E-state index contributed by atoms with van der Waals surface area (Å²) < 4.78 is 6.44. The summed E-state index contributed by atoms with van der Waals surface area (Å²) in [5.41, 5.74) is 4.06. The van der Waals surface area contributed by atoms with Gasteiger partial charge in [-0.05, 0) is 51.8 Å². The van der Waals surface area contributed by atoms with Crippen LogP contribution in [0.15, 0.2) is 58.2 Å². The smallest absolute Gasteiger partial charge is 0.287 e. The molecule has 0 radical (unpaired) electrons. The standard InChI is InChI=1S/C19H12BrCl3N4O3/c20-15-5-11(8-25-26-18-4-3-14(9-24-18)27(28)29)6-17(23)19(15)30-10-12-1-2-13(21)7-16(12)22/h1-9H,10H2,(H,24,26)/b25-8-. The molecule has 1 aromatic heterocycles. The summed E-state index contributed by atoms with van der Waals surface area (Å²) in [5, 5.41) is 16.1. The lowest BCUT2D eigenvalue weighted by molar-refractivity contribution is -0.385. The van der Waals surface area contributed by atoms with Gasteiger partial charge in [-0.3, -0.25) is 15.5 Å². The summed E-state index contributed by atoms with van der Waals surface area (Å²) in [6.45, 7) is 0.217. The quantitative estimate of drug-likeness (QED) is 0.208. The highest BCUT2D eigenvalue weighted by molar-refractivity contribution is 9.10. The van der Waals surface area contributed by atoms with Gasteiger partial charge in [-0.2, -0.15) is 5.10 Å². The van der Waals surface area contributed by atoms with Crippen molar-refractivity contribution in [3.05, 3.63) is 89.4 Å². The molecule has 0 atom stereocenters. The number of nitro groups is 1. The fourth-order valence-electron chi connectivity index (χ4n) is 2.31. The molecule has 7 nitrogen and oxygen atoms in total. The number of ether oxygens (including phenoxy) is 1. The van der Waals surface area contributed by atoms with Crippen LogP contribution in [-0.2, 0) is 6.61 Å². The first kappa shape index (κ1) is 22.3. The van der Waals surface area contributed by atoms with E-state index in [9.17, 15) is 10.1 Å². The van der Waals surface area contributed by atoms with Gasteiger partial charge < -0.3 is 4.74 Å². The van der Waals surface area contributed by atoms with Gasteiger partial charge in [0.25, 0.3) is 5.69 Å². The number of anilines is 1. The Morgan fingerprint density at radius 1 is 1.17 bits per heavy atom. The van der Waals surface area contributed by atoms with E-state index in [2.05, 4.69) is 31.4 Å². The van der Waals surface area contributed by atoms with Crippen molar-refractivity contribution in [3.8, 4) is 5.75 Å². The molecule has 0 spiro atoms. The van der Waals surface area contributed by atoms with E-state index in [-0.39, 0.29) is 12.3 Å². The monoisotopic (exact) mass is 528 g/mol. The maximum atomic E-state index is 10.6. The van der Waals surface area contributed by atoms with Gasteiger partial charge in [-0.1, -0.05) is 40.9 Å². The minimum absolute atomic E-state index is 0.101. The molecule has 0 aliphatic rings. The Balaban J connectivity index is 1.66. The molecule has 2 aromatic carbocycles. The first-order valence-electron chi connectivity index (χ1n) is 8.29.